The normalized spacial score (nSPS) is 10.8. The van der Waals surface area contributed by atoms with Crippen LogP contribution in [-0.4, -0.2) is 17.2 Å². The van der Waals surface area contributed by atoms with Gasteiger partial charge in [0.25, 0.3) is 5.91 Å². The van der Waals surface area contributed by atoms with Crippen molar-refractivity contribution < 1.29 is 9.90 Å². The van der Waals surface area contributed by atoms with Gasteiger partial charge in [-0.2, -0.15) is 5.10 Å². The average molecular weight is 407 g/mol. The number of hydrogen-bond donors (Lipinski definition) is 2. The maximum Gasteiger partial charge on any atom is 0.271 e. The molecule has 1 aromatic heterocycles. The molecule has 0 bridgehead atoms. The number of thiophene rings is 1. The molecule has 7 heteroatoms. The van der Waals surface area contributed by atoms with E-state index in [2.05, 4.69) is 10.5 Å². The molecule has 0 atom stereocenters. The number of phenolic OH excluding ortho intramolecular Hbond substituents is 1. The van der Waals surface area contributed by atoms with Crippen molar-refractivity contribution >= 4 is 57.7 Å². The first-order valence-corrected chi connectivity index (χ1v) is 7.41. The van der Waals surface area contributed by atoms with Crippen LogP contribution in [0, 0.1) is 3.57 Å². The fourth-order valence-corrected chi connectivity index (χ4v) is 2.54. The number of hydrogen-bond acceptors (Lipinski definition) is 4. The standard InChI is InChI=1S/C12H8ClIN2O2S/c13-11-4-2-8(19-11)6-15-16-12(18)7-1-3-9(14)10(17)5-7/h1-6,17H,(H,16,18)/b15-6-. The molecule has 0 aliphatic carbocycles. The maximum atomic E-state index is 11.7. The Hall–Kier alpha value is -1.12. The van der Waals surface area contributed by atoms with E-state index < -0.39 is 0 Å². The summed E-state index contributed by atoms with van der Waals surface area (Å²) in [6.45, 7) is 0. The number of rotatable bonds is 3. The topological polar surface area (TPSA) is 61.7 Å². The molecule has 0 fully saturated rings. The van der Waals surface area contributed by atoms with Crippen molar-refractivity contribution in [1.29, 1.82) is 0 Å². The highest BCUT2D eigenvalue weighted by Crippen LogP contribution is 2.21. The van der Waals surface area contributed by atoms with Crippen molar-refractivity contribution in [3.05, 3.63) is 48.7 Å². The minimum atomic E-state index is -0.384. The fourth-order valence-electron chi connectivity index (χ4n) is 1.27. The van der Waals surface area contributed by atoms with E-state index in [9.17, 15) is 9.90 Å². The van der Waals surface area contributed by atoms with Crippen LogP contribution in [0.3, 0.4) is 0 Å². The van der Waals surface area contributed by atoms with Crippen LogP contribution in [0.1, 0.15) is 15.2 Å². The van der Waals surface area contributed by atoms with E-state index in [0.717, 1.165) is 4.88 Å². The highest BCUT2D eigenvalue weighted by molar-refractivity contribution is 14.1. The Morgan fingerprint density at radius 3 is 2.84 bits per heavy atom. The maximum absolute atomic E-state index is 11.7. The predicted octanol–water partition coefficient (Wildman–Crippen LogP) is 3.48. The first-order valence-electron chi connectivity index (χ1n) is 5.13. The highest BCUT2D eigenvalue weighted by atomic mass is 127. The third-order valence-electron chi connectivity index (χ3n) is 2.16. The Balaban J connectivity index is 2.01. The zero-order valence-electron chi connectivity index (χ0n) is 9.43. The van der Waals surface area contributed by atoms with Gasteiger partial charge in [0, 0.05) is 10.4 Å². The van der Waals surface area contributed by atoms with Crippen molar-refractivity contribution in [1.82, 2.24) is 5.43 Å². The van der Waals surface area contributed by atoms with Gasteiger partial charge in [0.15, 0.2) is 0 Å². The monoisotopic (exact) mass is 406 g/mol. The minimum Gasteiger partial charge on any atom is -0.507 e. The summed E-state index contributed by atoms with van der Waals surface area (Å²) in [6, 6.07) is 8.24. The Morgan fingerprint density at radius 1 is 1.42 bits per heavy atom. The molecule has 0 saturated carbocycles. The molecule has 98 valence electrons. The Labute approximate surface area is 132 Å². The summed E-state index contributed by atoms with van der Waals surface area (Å²) >= 11 is 9.12. The zero-order valence-corrected chi connectivity index (χ0v) is 13.2. The second-order valence-electron chi connectivity index (χ2n) is 3.51. The molecule has 1 amide bonds. The number of nitrogens with zero attached hydrogens (tertiary/aromatic N) is 1. The summed E-state index contributed by atoms with van der Waals surface area (Å²) in [5, 5.41) is 13.3. The fraction of sp³-hybridized carbons (Fsp3) is 0. The van der Waals surface area contributed by atoms with Gasteiger partial charge in [-0.05, 0) is 52.9 Å². The van der Waals surface area contributed by atoms with Gasteiger partial charge >= 0.3 is 0 Å². The Kier molecular flexibility index (Phi) is 4.78. The molecule has 0 saturated heterocycles. The lowest BCUT2D eigenvalue weighted by Crippen LogP contribution is -2.17. The van der Waals surface area contributed by atoms with Crippen molar-refractivity contribution in [2.75, 3.05) is 0 Å². The molecule has 0 aliphatic heterocycles. The summed E-state index contributed by atoms with van der Waals surface area (Å²) in [5.74, 6) is -0.312. The second-order valence-corrected chi connectivity index (χ2v) is 6.42. The molecular formula is C12H8ClIN2O2S. The second kappa shape index (κ2) is 6.36. The summed E-state index contributed by atoms with van der Waals surface area (Å²) < 4.78 is 1.35. The van der Waals surface area contributed by atoms with Gasteiger partial charge in [0.1, 0.15) is 5.75 Å². The number of amides is 1. The number of aromatic hydroxyl groups is 1. The van der Waals surface area contributed by atoms with Crippen molar-refractivity contribution in [2.45, 2.75) is 0 Å². The number of carbonyl (C=O) groups excluding carboxylic acids is 1. The summed E-state index contributed by atoms with van der Waals surface area (Å²) in [6.07, 6.45) is 1.51. The summed E-state index contributed by atoms with van der Waals surface area (Å²) in [7, 11) is 0. The molecular weight excluding hydrogens is 399 g/mol. The quantitative estimate of drug-likeness (QED) is 0.466. The van der Waals surface area contributed by atoms with E-state index in [1.807, 2.05) is 22.6 Å². The van der Waals surface area contributed by atoms with Crippen molar-refractivity contribution in [3.8, 4) is 5.75 Å². The molecule has 2 aromatic rings. The van der Waals surface area contributed by atoms with Crippen LogP contribution in [0.15, 0.2) is 35.4 Å². The number of benzene rings is 1. The first-order chi connectivity index (χ1) is 9.06. The first kappa shape index (κ1) is 14.3. The van der Waals surface area contributed by atoms with Gasteiger partial charge in [-0.25, -0.2) is 5.43 Å². The van der Waals surface area contributed by atoms with Crippen LogP contribution in [0.4, 0.5) is 0 Å². The minimum absolute atomic E-state index is 0.0715. The molecule has 4 nitrogen and oxygen atoms in total. The molecule has 1 aromatic carbocycles. The number of nitrogens with one attached hydrogen (secondary N) is 1. The Bertz CT molecular complexity index is 642. The molecule has 0 unspecified atom stereocenters. The molecule has 0 aliphatic rings. The van der Waals surface area contributed by atoms with Gasteiger partial charge < -0.3 is 5.11 Å². The Morgan fingerprint density at radius 2 is 2.21 bits per heavy atom. The lowest BCUT2D eigenvalue weighted by molar-refractivity contribution is 0.0954. The number of phenols is 1. The predicted molar refractivity (Wildman–Crippen MR) is 85.2 cm³/mol. The van der Waals surface area contributed by atoms with Crippen LogP contribution in [0.2, 0.25) is 4.34 Å². The van der Waals surface area contributed by atoms with Gasteiger partial charge in [-0.1, -0.05) is 11.6 Å². The molecule has 0 radical (unpaired) electrons. The van der Waals surface area contributed by atoms with E-state index in [0.29, 0.717) is 13.5 Å². The van der Waals surface area contributed by atoms with Crippen LogP contribution >= 0.6 is 45.5 Å². The SMILES string of the molecule is O=C(N/N=C\c1ccc(Cl)s1)c1ccc(I)c(O)c1. The number of halogens is 2. The van der Waals surface area contributed by atoms with Crippen LogP contribution in [-0.2, 0) is 0 Å². The smallest absolute Gasteiger partial charge is 0.271 e. The van der Waals surface area contributed by atoms with Gasteiger partial charge in [0.05, 0.1) is 14.1 Å². The van der Waals surface area contributed by atoms with Gasteiger partial charge in [0.2, 0.25) is 0 Å². The van der Waals surface area contributed by atoms with Crippen molar-refractivity contribution in [3.63, 3.8) is 0 Å². The highest BCUT2D eigenvalue weighted by Gasteiger charge is 2.07. The van der Waals surface area contributed by atoms with Crippen molar-refractivity contribution in [2.24, 2.45) is 5.10 Å². The molecule has 2 rings (SSSR count). The summed E-state index contributed by atoms with van der Waals surface area (Å²) in [5.41, 5.74) is 2.73. The number of carbonyl (C=O) groups is 1. The molecule has 2 N–H and O–H groups in total. The van der Waals surface area contributed by atoms with E-state index in [1.165, 1.54) is 23.6 Å². The van der Waals surface area contributed by atoms with E-state index in [-0.39, 0.29) is 11.7 Å². The van der Waals surface area contributed by atoms with E-state index >= 15 is 0 Å². The third-order valence-corrected chi connectivity index (χ3v) is 4.24. The zero-order chi connectivity index (χ0) is 13.8. The van der Waals surface area contributed by atoms with Crippen LogP contribution < -0.4 is 5.43 Å². The van der Waals surface area contributed by atoms with Gasteiger partial charge in [-0.3, -0.25) is 4.79 Å². The molecule has 19 heavy (non-hydrogen) atoms. The molecule has 1 heterocycles. The van der Waals surface area contributed by atoms with E-state index in [4.69, 9.17) is 11.6 Å². The van der Waals surface area contributed by atoms with Crippen LogP contribution in [0.25, 0.3) is 0 Å². The number of hydrazone groups is 1. The lowest BCUT2D eigenvalue weighted by atomic mass is 10.2. The van der Waals surface area contributed by atoms with Gasteiger partial charge in [-0.15, -0.1) is 11.3 Å². The average Bonchev–Trinajstić information content (AvgIpc) is 2.78. The molecule has 0 spiro atoms. The third kappa shape index (κ3) is 3.92. The largest absolute Gasteiger partial charge is 0.507 e. The summed E-state index contributed by atoms with van der Waals surface area (Å²) in [4.78, 5) is 12.6. The lowest BCUT2D eigenvalue weighted by Gasteiger charge is -2.01. The van der Waals surface area contributed by atoms with E-state index in [1.54, 1.807) is 24.3 Å². The van der Waals surface area contributed by atoms with Crippen LogP contribution in [0.5, 0.6) is 5.75 Å².